The first-order valence-corrected chi connectivity index (χ1v) is 12.6. The van der Waals surface area contributed by atoms with Crippen molar-refractivity contribution >= 4 is 32.8 Å². The number of aryl methyl sites for hydroxylation is 2. The number of unbranched alkanes of at least 4 members (excludes halogenated alkanes) is 5. The lowest BCUT2D eigenvalue weighted by atomic mass is 10.1. The van der Waals surface area contributed by atoms with Crippen molar-refractivity contribution in [3.05, 3.63) is 51.4 Å². The van der Waals surface area contributed by atoms with Crippen LogP contribution in [0.1, 0.15) is 63.0 Å². The Labute approximate surface area is 179 Å². The zero-order valence-corrected chi connectivity index (χ0v) is 19.4. The van der Waals surface area contributed by atoms with Gasteiger partial charge in [-0.15, -0.1) is 9.53 Å². The van der Waals surface area contributed by atoms with Gasteiger partial charge in [0.25, 0.3) is 0 Å². The third-order valence-corrected chi connectivity index (χ3v) is 6.98. The first-order chi connectivity index (χ1) is 13.4. The third-order valence-electron chi connectivity index (χ3n) is 4.67. The number of hydrogen-bond acceptors (Lipinski definition) is 2. The molecule has 0 saturated carbocycles. The minimum atomic E-state index is -4.30. The van der Waals surface area contributed by atoms with Crippen LogP contribution in [0.2, 0.25) is 5.02 Å². The van der Waals surface area contributed by atoms with Crippen molar-refractivity contribution in [1.29, 1.82) is 0 Å². The van der Waals surface area contributed by atoms with E-state index in [1.54, 1.807) is 24.3 Å². The van der Waals surface area contributed by atoms with E-state index >= 15 is 0 Å². The van der Waals surface area contributed by atoms with Gasteiger partial charge in [-0.1, -0.05) is 43.0 Å². The summed E-state index contributed by atoms with van der Waals surface area (Å²) in [6, 6.07) is 3.53. The number of rotatable bonds is 12. The van der Waals surface area contributed by atoms with Crippen LogP contribution in [0.3, 0.4) is 0 Å². The average Bonchev–Trinajstić information content (AvgIpc) is 2.58. The van der Waals surface area contributed by atoms with Gasteiger partial charge in [-0.05, 0) is 69.4 Å². The molecule has 1 aromatic rings. The summed E-state index contributed by atoms with van der Waals surface area (Å²) in [6.45, 7) is 5.53. The molecule has 0 atom stereocenters. The number of benzene rings is 1. The van der Waals surface area contributed by atoms with Crippen molar-refractivity contribution in [2.45, 2.75) is 65.7 Å². The summed E-state index contributed by atoms with van der Waals surface area (Å²) in [5.74, 6) is -0.755. The van der Waals surface area contributed by atoms with Gasteiger partial charge in [0, 0.05) is 17.7 Å². The van der Waals surface area contributed by atoms with Crippen LogP contribution in [0.5, 0.6) is 0 Å². The molecule has 7 heteroatoms. The number of hydrogen-bond donors (Lipinski definition) is 3. The maximum Gasteiger partial charge on any atom is 0.303 e. The number of carboxylic acids is 1. The minimum Gasteiger partial charge on any atom is -0.481 e. The Kier molecular flexibility index (Phi) is 9.59. The lowest BCUT2D eigenvalue weighted by Crippen LogP contribution is -2.40. The molecule has 0 aromatic heterocycles. The Morgan fingerprint density at radius 2 is 1.69 bits per heavy atom. The molecule has 0 aliphatic carbocycles. The second-order valence-electron chi connectivity index (χ2n) is 7.61. The molecule has 3 N–H and O–H groups in total. The lowest BCUT2D eigenvalue weighted by molar-refractivity contribution is -0.137. The van der Waals surface area contributed by atoms with E-state index in [1.165, 1.54) is 6.26 Å². The largest absolute Gasteiger partial charge is 0.481 e. The molecule has 1 aromatic carbocycles. The van der Waals surface area contributed by atoms with E-state index in [9.17, 15) is 13.6 Å². The van der Waals surface area contributed by atoms with Crippen molar-refractivity contribution in [2.75, 3.05) is 11.0 Å². The van der Waals surface area contributed by atoms with Crippen LogP contribution in [0.25, 0.3) is 0 Å². The van der Waals surface area contributed by atoms with E-state index in [4.69, 9.17) is 16.7 Å². The fraction of sp³-hybridized carbons (Fsp3) is 0.500. The number of carboxylic acid groups (broad SMARTS) is 1. The molecule has 0 spiro atoms. The predicted octanol–water partition coefficient (Wildman–Crippen LogP) is 6.48. The van der Waals surface area contributed by atoms with E-state index in [0.717, 1.165) is 36.8 Å². The van der Waals surface area contributed by atoms with E-state index < -0.39 is 15.5 Å². The van der Waals surface area contributed by atoms with E-state index in [0.29, 0.717) is 28.5 Å². The summed E-state index contributed by atoms with van der Waals surface area (Å²) >= 11 is 6.07. The standard InChI is InChI=1S/C22H34ClNO4S/c1-5-12-20(13-10-8-6-7-9-11-14-21(25)26)29(4,27,28)24-22-17(2)15-19(23)16-18(22)3/h5,12-13,15-16H,6-11,14H2,1-4H3,(H,25,26)(H2,24,27,28)/b12-5-,20-13+. The number of halogens is 1. The summed E-state index contributed by atoms with van der Waals surface area (Å²) in [6.07, 6.45) is 11.9. The maximum absolute atomic E-state index is 13.5. The van der Waals surface area contributed by atoms with Crippen LogP contribution < -0.4 is 4.72 Å². The highest BCUT2D eigenvalue weighted by Gasteiger charge is 2.26. The van der Waals surface area contributed by atoms with Crippen molar-refractivity contribution in [1.82, 2.24) is 0 Å². The highest BCUT2D eigenvalue weighted by atomic mass is 35.5. The van der Waals surface area contributed by atoms with Gasteiger partial charge in [0.2, 0.25) is 0 Å². The number of carbonyl (C=O) groups is 1. The first kappa shape index (κ1) is 25.4. The highest BCUT2D eigenvalue weighted by molar-refractivity contribution is 8.19. The van der Waals surface area contributed by atoms with Gasteiger partial charge in [-0.3, -0.25) is 14.1 Å². The van der Waals surface area contributed by atoms with E-state index in [2.05, 4.69) is 4.72 Å². The molecule has 0 unspecified atom stereocenters. The minimum absolute atomic E-state index is 0.213. The molecule has 0 fully saturated rings. The van der Waals surface area contributed by atoms with Crippen molar-refractivity contribution in [2.24, 2.45) is 0 Å². The Balaban J connectivity index is 2.83. The van der Waals surface area contributed by atoms with E-state index in [1.807, 2.05) is 26.8 Å². The van der Waals surface area contributed by atoms with Gasteiger partial charge >= 0.3 is 5.97 Å². The van der Waals surface area contributed by atoms with E-state index in [-0.39, 0.29) is 6.42 Å². The fourth-order valence-electron chi connectivity index (χ4n) is 3.16. The van der Waals surface area contributed by atoms with Gasteiger partial charge in [0.15, 0.2) is 0 Å². The zero-order chi connectivity index (χ0) is 22.1. The van der Waals surface area contributed by atoms with Crippen molar-refractivity contribution in [3.8, 4) is 0 Å². The quantitative estimate of drug-likeness (QED) is 0.255. The number of aliphatic carboxylic acids is 1. The van der Waals surface area contributed by atoms with Crippen molar-refractivity contribution < 1.29 is 18.7 Å². The van der Waals surface area contributed by atoms with Gasteiger partial charge in [-0.25, -0.2) is 0 Å². The van der Waals surface area contributed by atoms with Crippen LogP contribution in [-0.4, -0.2) is 26.1 Å². The molecule has 5 nitrogen and oxygen atoms in total. The normalized spacial score (nSPS) is 14.0. The summed E-state index contributed by atoms with van der Waals surface area (Å²) < 4.78 is 27.5. The van der Waals surface area contributed by atoms with Crippen LogP contribution in [0.15, 0.2) is 35.3 Å². The topological polar surface area (TPSA) is 86.6 Å². The second kappa shape index (κ2) is 11.0. The predicted molar refractivity (Wildman–Crippen MR) is 124 cm³/mol. The molecule has 0 radical (unpaired) electrons. The highest BCUT2D eigenvalue weighted by Crippen LogP contribution is 2.35. The molecule has 0 aliphatic rings. The van der Waals surface area contributed by atoms with Crippen LogP contribution in [-0.2, 0) is 14.3 Å². The van der Waals surface area contributed by atoms with Crippen molar-refractivity contribution in [3.63, 3.8) is 0 Å². The van der Waals surface area contributed by atoms with Gasteiger partial charge in [0.1, 0.15) is 0 Å². The lowest BCUT2D eigenvalue weighted by Gasteiger charge is -2.42. The Morgan fingerprint density at radius 1 is 1.14 bits per heavy atom. The summed E-state index contributed by atoms with van der Waals surface area (Å²) in [5.41, 5.74) is 2.24. The molecular weight excluding hydrogens is 410 g/mol. The molecule has 29 heavy (non-hydrogen) atoms. The summed E-state index contributed by atoms with van der Waals surface area (Å²) in [4.78, 5) is 10.9. The first-order valence-electron chi connectivity index (χ1n) is 9.94. The molecule has 1 rings (SSSR count). The molecule has 0 aliphatic heterocycles. The molecule has 0 saturated heterocycles. The number of nitrogens with one attached hydrogen (secondary N) is 1. The smallest absolute Gasteiger partial charge is 0.303 e. The van der Waals surface area contributed by atoms with Crippen LogP contribution in [0, 0.1) is 13.8 Å². The molecule has 0 heterocycles. The van der Waals surface area contributed by atoms with Crippen LogP contribution in [0.4, 0.5) is 5.69 Å². The van der Waals surface area contributed by atoms with Crippen LogP contribution >= 0.6 is 11.6 Å². The monoisotopic (exact) mass is 443 g/mol. The molecule has 164 valence electrons. The Bertz CT molecular complexity index is 816. The number of allylic oxidation sites excluding steroid dienone is 3. The average molecular weight is 444 g/mol. The second-order valence-corrected chi connectivity index (χ2v) is 11.3. The van der Waals surface area contributed by atoms with Gasteiger partial charge < -0.3 is 5.11 Å². The SMILES string of the molecule is C/C=C\C(=C/CCCCCCCC(=O)O)S(C)(=O)(O)Nc1c(C)cc(Cl)cc1C. The summed E-state index contributed by atoms with van der Waals surface area (Å²) in [5, 5.41) is 9.24. The molecule has 0 bridgehead atoms. The third kappa shape index (κ3) is 8.72. The fourth-order valence-corrected chi connectivity index (χ4v) is 5.37. The Hall–Kier alpha value is -1.63. The Morgan fingerprint density at radius 3 is 2.24 bits per heavy atom. The van der Waals surface area contributed by atoms with Gasteiger partial charge in [-0.2, -0.15) is 4.21 Å². The number of anilines is 1. The summed E-state index contributed by atoms with van der Waals surface area (Å²) in [7, 11) is -4.30. The zero-order valence-electron chi connectivity index (χ0n) is 17.8. The maximum atomic E-state index is 13.5. The molecular formula is C22H34ClNO4S. The molecule has 0 amide bonds. The van der Waals surface area contributed by atoms with Gasteiger partial charge in [0.05, 0.1) is 10.6 Å².